The zero-order valence-electron chi connectivity index (χ0n) is 9.79. The van der Waals surface area contributed by atoms with Crippen LogP contribution in [0.3, 0.4) is 0 Å². The first-order chi connectivity index (χ1) is 7.77. The average molecular weight is 240 g/mol. The molecule has 0 aliphatic carbocycles. The van der Waals surface area contributed by atoms with Crippen molar-refractivity contribution in [3.63, 3.8) is 0 Å². The zero-order valence-corrected chi connectivity index (χ0v) is 10.6. The highest BCUT2D eigenvalue weighted by atomic mass is 35.5. The van der Waals surface area contributed by atoms with E-state index in [1.807, 2.05) is 25.1 Å². The van der Waals surface area contributed by atoms with Gasteiger partial charge < -0.3 is 10.1 Å². The van der Waals surface area contributed by atoms with Crippen molar-refractivity contribution >= 4 is 11.6 Å². The molecule has 88 valence electrons. The summed E-state index contributed by atoms with van der Waals surface area (Å²) >= 11 is 5.94. The fraction of sp³-hybridized carbons (Fsp3) is 0.385. The number of hydrogen-bond acceptors (Lipinski definition) is 2. The third kappa shape index (κ3) is 4.25. The minimum Gasteiger partial charge on any atom is -0.496 e. The van der Waals surface area contributed by atoms with Crippen LogP contribution in [0, 0.1) is 0 Å². The SMILES string of the molecule is C/C=C/CCNCc1cc(Cl)ccc1OC. The molecule has 0 aliphatic heterocycles. The maximum Gasteiger partial charge on any atom is 0.123 e. The standard InChI is InChI=1S/C13H18ClNO/c1-3-4-5-8-15-10-11-9-12(14)6-7-13(11)16-2/h3-4,6-7,9,15H,5,8,10H2,1-2H3/b4-3+. The van der Waals surface area contributed by atoms with E-state index in [0.717, 1.165) is 35.8 Å². The van der Waals surface area contributed by atoms with E-state index in [0.29, 0.717) is 0 Å². The fourth-order valence-electron chi connectivity index (χ4n) is 1.46. The van der Waals surface area contributed by atoms with E-state index in [9.17, 15) is 0 Å². The summed E-state index contributed by atoms with van der Waals surface area (Å²) in [6, 6.07) is 5.66. The minimum absolute atomic E-state index is 0.742. The lowest BCUT2D eigenvalue weighted by Gasteiger charge is -2.09. The second-order valence-corrected chi connectivity index (χ2v) is 3.93. The smallest absolute Gasteiger partial charge is 0.123 e. The Kier molecular flexibility index (Phi) is 5.98. The minimum atomic E-state index is 0.742. The molecule has 0 unspecified atom stereocenters. The van der Waals surface area contributed by atoms with E-state index in [1.54, 1.807) is 7.11 Å². The molecule has 0 spiro atoms. The molecule has 0 atom stereocenters. The Hall–Kier alpha value is -0.990. The first-order valence-corrected chi connectivity index (χ1v) is 5.80. The summed E-state index contributed by atoms with van der Waals surface area (Å²) in [4.78, 5) is 0. The summed E-state index contributed by atoms with van der Waals surface area (Å²) in [6.07, 6.45) is 5.24. The van der Waals surface area contributed by atoms with Gasteiger partial charge in [0.25, 0.3) is 0 Å². The normalized spacial score (nSPS) is 10.9. The molecule has 0 saturated carbocycles. The predicted octanol–water partition coefficient (Wildman–Crippen LogP) is 3.40. The Morgan fingerprint density at radius 1 is 1.44 bits per heavy atom. The molecule has 0 amide bonds. The van der Waals surface area contributed by atoms with E-state index in [-0.39, 0.29) is 0 Å². The molecule has 0 heterocycles. The third-order valence-corrected chi connectivity index (χ3v) is 2.52. The lowest BCUT2D eigenvalue weighted by molar-refractivity contribution is 0.408. The molecule has 0 radical (unpaired) electrons. The van der Waals surface area contributed by atoms with Crippen LogP contribution in [0.25, 0.3) is 0 Å². The summed E-state index contributed by atoms with van der Waals surface area (Å²) in [5, 5.41) is 4.09. The van der Waals surface area contributed by atoms with Gasteiger partial charge in [0.2, 0.25) is 0 Å². The van der Waals surface area contributed by atoms with E-state index in [1.165, 1.54) is 0 Å². The predicted molar refractivity (Wildman–Crippen MR) is 69.1 cm³/mol. The van der Waals surface area contributed by atoms with Gasteiger partial charge in [-0.1, -0.05) is 23.8 Å². The van der Waals surface area contributed by atoms with Crippen LogP contribution >= 0.6 is 11.6 Å². The monoisotopic (exact) mass is 239 g/mol. The van der Waals surface area contributed by atoms with E-state index in [4.69, 9.17) is 16.3 Å². The Labute approximate surface area is 102 Å². The van der Waals surface area contributed by atoms with E-state index in [2.05, 4.69) is 17.5 Å². The second-order valence-electron chi connectivity index (χ2n) is 3.49. The van der Waals surface area contributed by atoms with Crippen molar-refractivity contribution in [1.29, 1.82) is 0 Å². The highest BCUT2D eigenvalue weighted by Gasteiger charge is 2.02. The quantitative estimate of drug-likeness (QED) is 0.607. The number of methoxy groups -OCH3 is 1. The van der Waals surface area contributed by atoms with Crippen molar-refractivity contribution < 1.29 is 4.74 Å². The van der Waals surface area contributed by atoms with Crippen LogP contribution < -0.4 is 10.1 Å². The van der Waals surface area contributed by atoms with Crippen molar-refractivity contribution in [3.8, 4) is 5.75 Å². The number of benzene rings is 1. The Bertz CT molecular complexity index is 350. The maximum absolute atomic E-state index is 5.94. The molecule has 1 aromatic rings. The molecule has 1 rings (SSSR count). The molecule has 0 aromatic heterocycles. The number of halogens is 1. The van der Waals surface area contributed by atoms with Crippen molar-refractivity contribution in [2.75, 3.05) is 13.7 Å². The van der Waals surface area contributed by atoms with E-state index >= 15 is 0 Å². The van der Waals surface area contributed by atoms with Gasteiger partial charge >= 0.3 is 0 Å². The van der Waals surface area contributed by atoms with Gasteiger partial charge in [-0.3, -0.25) is 0 Å². The molecule has 0 saturated heterocycles. The van der Waals surface area contributed by atoms with Gasteiger partial charge in [0, 0.05) is 17.1 Å². The summed E-state index contributed by atoms with van der Waals surface area (Å²) < 4.78 is 5.27. The highest BCUT2D eigenvalue weighted by Crippen LogP contribution is 2.22. The Balaban J connectivity index is 2.48. The first-order valence-electron chi connectivity index (χ1n) is 5.42. The zero-order chi connectivity index (χ0) is 11.8. The molecular weight excluding hydrogens is 222 g/mol. The van der Waals surface area contributed by atoms with Crippen molar-refractivity contribution in [2.24, 2.45) is 0 Å². The number of nitrogens with one attached hydrogen (secondary N) is 1. The molecule has 0 aliphatic rings. The first kappa shape index (κ1) is 13.1. The van der Waals surface area contributed by atoms with Gasteiger partial charge in [-0.05, 0) is 38.1 Å². The van der Waals surface area contributed by atoms with Crippen LogP contribution in [-0.2, 0) is 6.54 Å². The average Bonchev–Trinajstić information content (AvgIpc) is 2.29. The van der Waals surface area contributed by atoms with Crippen LogP contribution in [0.2, 0.25) is 5.02 Å². The molecule has 3 heteroatoms. The van der Waals surface area contributed by atoms with Gasteiger partial charge in [0.05, 0.1) is 7.11 Å². The van der Waals surface area contributed by atoms with Crippen molar-refractivity contribution in [1.82, 2.24) is 5.32 Å². The molecule has 0 bridgehead atoms. The maximum atomic E-state index is 5.94. The van der Waals surface area contributed by atoms with Gasteiger partial charge in [-0.15, -0.1) is 0 Å². The van der Waals surface area contributed by atoms with Gasteiger partial charge in [-0.25, -0.2) is 0 Å². The lowest BCUT2D eigenvalue weighted by Crippen LogP contribution is -2.14. The topological polar surface area (TPSA) is 21.3 Å². The largest absolute Gasteiger partial charge is 0.496 e. The molecule has 1 N–H and O–H groups in total. The fourth-order valence-corrected chi connectivity index (χ4v) is 1.66. The van der Waals surface area contributed by atoms with Crippen LogP contribution in [0.5, 0.6) is 5.75 Å². The Morgan fingerprint density at radius 3 is 2.94 bits per heavy atom. The van der Waals surface area contributed by atoms with Gasteiger partial charge in [0.15, 0.2) is 0 Å². The molecule has 2 nitrogen and oxygen atoms in total. The van der Waals surface area contributed by atoms with Gasteiger partial charge in [0.1, 0.15) is 5.75 Å². The van der Waals surface area contributed by atoms with Crippen LogP contribution in [-0.4, -0.2) is 13.7 Å². The molecular formula is C13H18ClNO. The summed E-state index contributed by atoms with van der Waals surface area (Å²) in [5.41, 5.74) is 1.09. The summed E-state index contributed by atoms with van der Waals surface area (Å²) in [6.45, 7) is 3.77. The van der Waals surface area contributed by atoms with E-state index < -0.39 is 0 Å². The molecule has 0 fully saturated rings. The van der Waals surface area contributed by atoms with Crippen molar-refractivity contribution in [3.05, 3.63) is 40.9 Å². The highest BCUT2D eigenvalue weighted by molar-refractivity contribution is 6.30. The Morgan fingerprint density at radius 2 is 2.25 bits per heavy atom. The van der Waals surface area contributed by atoms with Crippen LogP contribution in [0.4, 0.5) is 0 Å². The molecule has 16 heavy (non-hydrogen) atoms. The number of hydrogen-bond donors (Lipinski definition) is 1. The molecule has 1 aromatic carbocycles. The number of allylic oxidation sites excluding steroid dienone is 1. The second kappa shape index (κ2) is 7.31. The number of ether oxygens (including phenoxy) is 1. The number of rotatable bonds is 6. The lowest BCUT2D eigenvalue weighted by atomic mass is 10.2. The van der Waals surface area contributed by atoms with Crippen LogP contribution in [0.1, 0.15) is 18.9 Å². The van der Waals surface area contributed by atoms with Crippen molar-refractivity contribution in [2.45, 2.75) is 19.9 Å². The summed E-state index contributed by atoms with van der Waals surface area (Å²) in [7, 11) is 1.67. The third-order valence-electron chi connectivity index (χ3n) is 2.28. The summed E-state index contributed by atoms with van der Waals surface area (Å²) in [5.74, 6) is 0.878. The van der Waals surface area contributed by atoms with Gasteiger partial charge in [-0.2, -0.15) is 0 Å². The van der Waals surface area contributed by atoms with Crippen LogP contribution in [0.15, 0.2) is 30.4 Å².